The third-order valence-corrected chi connectivity index (χ3v) is 6.29. The summed E-state index contributed by atoms with van der Waals surface area (Å²) in [5.41, 5.74) is 3.33. The molecule has 0 saturated carbocycles. The first kappa shape index (κ1) is 15.1. The molecule has 3 aromatic carbocycles. The van der Waals surface area contributed by atoms with E-state index in [-0.39, 0.29) is 6.04 Å². The molecule has 4 heteroatoms. The molecule has 0 aliphatic rings. The molecule has 0 spiro atoms. The van der Waals surface area contributed by atoms with Crippen LogP contribution in [0.5, 0.6) is 0 Å². The molecule has 0 aliphatic carbocycles. The van der Waals surface area contributed by atoms with Gasteiger partial charge in [0.15, 0.2) is 0 Å². The fourth-order valence-corrected chi connectivity index (χ4v) is 4.96. The molecule has 1 atom stereocenters. The van der Waals surface area contributed by atoms with Crippen LogP contribution in [0.25, 0.3) is 11.0 Å². The summed E-state index contributed by atoms with van der Waals surface area (Å²) in [5, 5.41) is 9.85. The van der Waals surface area contributed by atoms with Gasteiger partial charge in [-0.15, -0.1) is 0 Å². The van der Waals surface area contributed by atoms with Gasteiger partial charge in [-0.05, 0) is 0 Å². The summed E-state index contributed by atoms with van der Waals surface area (Å²) in [7, 11) is 0. The SMILES string of the molecule is c1ccc([Se]CC(c2ccccc2)n2nnc3ccccc32)cc1. The van der Waals surface area contributed by atoms with Crippen molar-refractivity contribution in [1.82, 2.24) is 15.0 Å². The Kier molecular flexibility index (Phi) is 4.41. The van der Waals surface area contributed by atoms with Crippen molar-refractivity contribution in [2.75, 3.05) is 0 Å². The van der Waals surface area contributed by atoms with Gasteiger partial charge in [0.2, 0.25) is 0 Å². The number of rotatable bonds is 5. The van der Waals surface area contributed by atoms with E-state index >= 15 is 0 Å². The Bertz CT molecular complexity index is 919. The van der Waals surface area contributed by atoms with Crippen molar-refractivity contribution < 1.29 is 0 Å². The van der Waals surface area contributed by atoms with Gasteiger partial charge in [0.05, 0.1) is 0 Å². The van der Waals surface area contributed by atoms with Gasteiger partial charge in [-0.1, -0.05) is 0 Å². The van der Waals surface area contributed by atoms with Crippen molar-refractivity contribution in [3.05, 3.63) is 90.5 Å². The molecule has 4 rings (SSSR count). The van der Waals surface area contributed by atoms with E-state index in [0.717, 1.165) is 16.4 Å². The Labute approximate surface area is 147 Å². The zero-order chi connectivity index (χ0) is 16.2. The van der Waals surface area contributed by atoms with Gasteiger partial charge in [0.1, 0.15) is 0 Å². The van der Waals surface area contributed by atoms with E-state index in [1.165, 1.54) is 10.0 Å². The third-order valence-electron chi connectivity index (χ3n) is 4.01. The summed E-state index contributed by atoms with van der Waals surface area (Å²) in [6, 6.07) is 29.7. The minimum atomic E-state index is 0.207. The second kappa shape index (κ2) is 7.00. The number of para-hydroxylation sites is 1. The minimum absolute atomic E-state index is 0.207. The van der Waals surface area contributed by atoms with Crippen LogP contribution in [0.2, 0.25) is 5.32 Å². The molecule has 0 aliphatic heterocycles. The van der Waals surface area contributed by atoms with Gasteiger partial charge >= 0.3 is 147 Å². The van der Waals surface area contributed by atoms with E-state index < -0.39 is 0 Å². The number of aromatic nitrogens is 3. The fourth-order valence-electron chi connectivity index (χ4n) is 2.79. The van der Waals surface area contributed by atoms with Crippen LogP contribution in [-0.4, -0.2) is 30.0 Å². The summed E-state index contributed by atoms with van der Waals surface area (Å²) in [6.45, 7) is 0. The monoisotopic (exact) mass is 379 g/mol. The van der Waals surface area contributed by atoms with Crippen molar-refractivity contribution in [3.63, 3.8) is 0 Å². The molecule has 118 valence electrons. The molecule has 1 aromatic heterocycles. The molecular weight excluding hydrogens is 361 g/mol. The Morgan fingerprint density at radius 2 is 1.46 bits per heavy atom. The van der Waals surface area contributed by atoms with E-state index in [4.69, 9.17) is 0 Å². The van der Waals surface area contributed by atoms with Gasteiger partial charge in [0.25, 0.3) is 0 Å². The summed E-state index contributed by atoms with van der Waals surface area (Å²) in [5.74, 6) is 0. The van der Waals surface area contributed by atoms with Gasteiger partial charge in [0, 0.05) is 0 Å². The molecule has 1 heterocycles. The summed E-state index contributed by atoms with van der Waals surface area (Å²) in [6.07, 6.45) is 0. The fraction of sp³-hybridized carbons (Fsp3) is 0.100. The Hall–Kier alpha value is -2.42. The summed E-state index contributed by atoms with van der Waals surface area (Å²) in [4.78, 5) is 0. The normalized spacial score (nSPS) is 12.3. The molecular formula is C20H17N3Se. The van der Waals surface area contributed by atoms with E-state index in [9.17, 15) is 0 Å². The molecule has 0 fully saturated rings. The molecule has 24 heavy (non-hydrogen) atoms. The molecule has 3 nitrogen and oxygen atoms in total. The Morgan fingerprint density at radius 3 is 2.25 bits per heavy atom. The maximum absolute atomic E-state index is 4.46. The van der Waals surface area contributed by atoms with Crippen LogP contribution in [0.3, 0.4) is 0 Å². The topological polar surface area (TPSA) is 30.7 Å². The first-order valence-corrected chi connectivity index (χ1v) is 10.0. The van der Waals surface area contributed by atoms with Crippen LogP contribution in [-0.2, 0) is 0 Å². The van der Waals surface area contributed by atoms with Gasteiger partial charge < -0.3 is 0 Å². The van der Waals surface area contributed by atoms with E-state index in [0.29, 0.717) is 15.0 Å². The molecule has 0 bridgehead atoms. The zero-order valence-corrected chi connectivity index (χ0v) is 14.8. The number of fused-ring (bicyclic) bond motifs is 1. The average Bonchev–Trinajstić information content (AvgIpc) is 3.08. The van der Waals surface area contributed by atoms with Crippen LogP contribution < -0.4 is 4.46 Å². The van der Waals surface area contributed by atoms with Crippen molar-refractivity contribution >= 4 is 30.5 Å². The van der Waals surface area contributed by atoms with Crippen molar-refractivity contribution in [1.29, 1.82) is 0 Å². The number of benzene rings is 3. The van der Waals surface area contributed by atoms with Gasteiger partial charge in [-0.3, -0.25) is 0 Å². The van der Waals surface area contributed by atoms with Crippen LogP contribution in [0.4, 0.5) is 0 Å². The van der Waals surface area contributed by atoms with Crippen molar-refractivity contribution in [3.8, 4) is 0 Å². The first-order chi connectivity index (χ1) is 11.9. The third kappa shape index (κ3) is 3.12. The number of hydrogen-bond acceptors (Lipinski definition) is 2. The predicted molar refractivity (Wildman–Crippen MR) is 98.7 cm³/mol. The van der Waals surface area contributed by atoms with Crippen LogP contribution >= 0.6 is 0 Å². The Balaban J connectivity index is 1.71. The number of nitrogens with zero attached hydrogens (tertiary/aromatic N) is 3. The summed E-state index contributed by atoms with van der Waals surface area (Å²) < 4.78 is 3.49. The maximum atomic E-state index is 4.46. The van der Waals surface area contributed by atoms with Crippen LogP contribution in [0.15, 0.2) is 84.9 Å². The molecule has 0 radical (unpaired) electrons. The standard InChI is InChI=1S/C20H17N3Se/c1-3-9-16(10-4-1)20(15-24-17-11-5-2-6-12-17)23-19-14-8-7-13-18(19)21-22-23/h1-14,20H,15H2. The predicted octanol–water partition coefficient (Wildman–Crippen LogP) is 3.47. The second-order valence-electron chi connectivity index (χ2n) is 5.57. The summed E-state index contributed by atoms with van der Waals surface area (Å²) >= 11 is 0.384. The average molecular weight is 378 g/mol. The van der Waals surface area contributed by atoms with Crippen molar-refractivity contribution in [2.45, 2.75) is 11.4 Å². The molecule has 4 aromatic rings. The van der Waals surface area contributed by atoms with Crippen LogP contribution in [0.1, 0.15) is 11.6 Å². The van der Waals surface area contributed by atoms with E-state index in [1.807, 2.05) is 18.2 Å². The van der Waals surface area contributed by atoms with Crippen LogP contribution in [0, 0.1) is 0 Å². The van der Waals surface area contributed by atoms with Crippen molar-refractivity contribution in [2.24, 2.45) is 0 Å². The van der Waals surface area contributed by atoms with E-state index in [1.54, 1.807) is 0 Å². The molecule has 0 saturated heterocycles. The molecule has 0 amide bonds. The molecule has 0 N–H and O–H groups in total. The molecule has 1 unspecified atom stereocenters. The van der Waals surface area contributed by atoms with Gasteiger partial charge in [-0.2, -0.15) is 0 Å². The van der Waals surface area contributed by atoms with E-state index in [2.05, 4.69) is 81.7 Å². The number of hydrogen-bond donors (Lipinski definition) is 0. The first-order valence-electron chi connectivity index (χ1n) is 7.94. The second-order valence-corrected chi connectivity index (χ2v) is 7.87. The zero-order valence-electron chi connectivity index (χ0n) is 13.1. The quantitative estimate of drug-likeness (QED) is 0.498. The Morgan fingerprint density at radius 1 is 0.792 bits per heavy atom. The van der Waals surface area contributed by atoms with Gasteiger partial charge in [-0.25, -0.2) is 0 Å².